The number of nitrogens with one attached hydrogen (secondary N) is 1. The number of hydrogen-bond acceptors (Lipinski definition) is 5. The number of ether oxygens (including phenoxy) is 2. The molecule has 0 spiro atoms. The minimum atomic E-state index is -0.823. The maximum Gasteiger partial charge on any atom is 0.336 e. The number of nitrogens with zero attached hydrogens (tertiary/aromatic N) is 1. The fourth-order valence-corrected chi connectivity index (χ4v) is 2.56. The number of para-hydroxylation sites is 2. The summed E-state index contributed by atoms with van der Waals surface area (Å²) in [5.74, 6) is -0.479. The molecule has 1 saturated heterocycles. The lowest BCUT2D eigenvalue weighted by Crippen LogP contribution is -2.54. The summed E-state index contributed by atoms with van der Waals surface area (Å²) in [5, 5.41) is 2.18. The molecule has 1 aliphatic rings. The molecule has 1 aliphatic heterocycles. The third-order valence-corrected chi connectivity index (χ3v) is 3.85. The number of barbiturate groups is 1. The minimum absolute atomic E-state index is 0.152. The lowest BCUT2D eigenvalue weighted by Gasteiger charge is -2.27. The van der Waals surface area contributed by atoms with Crippen LogP contribution in [0.3, 0.4) is 0 Å². The van der Waals surface area contributed by atoms with Gasteiger partial charge in [0.15, 0.2) is 0 Å². The molecule has 7 nitrogen and oxygen atoms in total. The zero-order valence-electron chi connectivity index (χ0n) is 14.2. The molecule has 0 aromatic heterocycles. The second-order valence-electron chi connectivity index (χ2n) is 5.40. The molecular formula is C19H16N2O5. The van der Waals surface area contributed by atoms with Crippen LogP contribution in [-0.2, 0) is 9.59 Å². The van der Waals surface area contributed by atoms with Gasteiger partial charge in [0.05, 0.1) is 19.9 Å². The van der Waals surface area contributed by atoms with Crippen molar-refractivity contribution in [3.05, 3.63) is 59.7 Å². The quantitative estimate of drug-likeness (QED) is 0.674. The van der Waals surface area contributed by atoms with Gasteiger partial charge in [-0.3, -0.25) is 14.9 Å². The van der Waals surface area contributed by atoms with Gasteiger partial charge in [0.1, 0.15) is 17.1 Å². The molecule has 26 heavy (non-hydrogen) atoms. The van der Waals surface area contributed by atoms with E-state index in [1.807, 2.05) is 0 Å². The van der Waals surface area contributed by atoms with Crippen LogP contribution in [0.5, 0.6) is 11.5 Å². The van der Waals surface area contributed by atoms with Crippen molar-refractivity contribution in [2.75, 3.05) is 19.1 Å². The number of benzene rings is 2. The van der Waals surface area contributed by atoms with E-state index in [-0.39, 0.29) is 11.3 Å². The molecule has 2 aromatic rings. The molecule has 1 fully saturated rings. The fourth-order valence-electron chi connectivity index (χ4n) is 2.56. The average Bonchev–Trinajstić information content (AvgIpc) is 2.66. The lowest BCUT2D eigenvalue weighted by atomic mass is 10.1. The predicted octanol–water partition coefficient (Wildman–Crippen LogP) is 2.37. The zero-order chi connectivity index (χ0) is 18.7. The predicted molar refractivity (Wildman–Crippen MR) is 95.0 cm³/mol. The Balaban J connectivity index is 2.01. The van der Waals surface area contributed by atoms with Crippen LogP contribution in [0.15, 0.2) is 54.1 Å². The van der Waals surface area contributed by atoms with Crippen LogP contribution < -0.4 is 19.7 Å². The first-order valence-electron chi connectivity index (χ1n) is 7.73. The molecule has 0 saturated carbocycles. The van der Waals surface area contributed by atoms with Gasteiger partial charge >= 0.3 is 6.03 Å². The van der Waals surface area contributed by atoms with E-state index in [4.69, 9.17) is 9.47 Å². The van der Waals surface area contributed by atoms with E-state index in [1.165, 1.54) is 13.2 Å². The number of rotatable bonds is 4. The van der Waals surface area contributed by atoms with Crippen molar-refractivity contribution in [3.8, 4) is 11.5 Å². The van der Waals surface area contributed by atoms with Crippen LogP contribution in [0, 0.1) is 0 Å². The molecule has 0 radical (unpaired) electrons. The number of anilines is 1. The van der Waals surface area contributed by atoms with Crippen molar-refractivity contribution in [2.45, 2.75) is 0 Å². The van der Waals surface area contributed by atoms with Gasteiger partial charge in [0, 0.05) is 0 Å². The number of carbonyl (C=O) groups excluding carboxylic acids is 3. The summed E-state index contributed by atoms with van der Waals surface area (Å²) in [6.07, 6.45) is 1.42. The highest BCUT2D eigenvalue weighted by atomic mass is 16.5. The summed E-state index contributed by atoms with van der Waals surface area (Å²) in [6.45, 7) is 0. The molecule has 3 rings (SSSR count). The largest absolute Gasteiger partial charge is 0.497 e. The van der Waals surface area contributed by atoms with Gasteiger partial charge in [-0.05, 0) is 35.9 Å². The van der Waals surface area contributed by atoms with Crippen molar-refractivity contribution in [1.29, 1.82) is 0 Å². The van der Waals surface area contributed by atoms with Crippen molar-refractivity contribution in [2.24, 2.45) is 0 Å². The Labute approximate surface area is 149 Å². The molecule has 0 unspecified atom stereocenters. The number of methoxy groups -OCH3 is 2. The Bertz CT molecular complexity index is 902. The molecule has 4 amide bonds. The number of amides is 4. The Hall–Kier alpha value is -3.61. The van der Waals surface area contributed by atoms with Crippen molar-refractivity contribution < 1.29 is 23.9 Å². The Morgan fingerprint density at radius 2 is 1.62 bits per heavy atom. The van der Waals surface area contributed by atoms with E-state index in [9.17, 15) is 14.4 Å². The van der Waals surface area contributed by atoms with Gasteiger partial charge in [-0.15, -0.1) is 0 Å². The van der Waals surface area contributed by atoms with Gasteiger partial charge in [0.25, 0.3) is 11.8 Å². The van der Waals surface area contributed by atoms with Crippen LogP contribution in [0.4, 0.5) is 10.5 Å². The Morgan fingerprint density at radius 3 is 2.27 bits per heavy atom. The van der Waals surface area contributed by atoms with Crippen LogP contribution >= 0.6 is 0 Å². The first kappa shape index (κ1) is 17.2. The van der Waals surface area contributed by atoms with E-state index in [0.717, 1.165) is 4.90 Å². The highest BCUT2D eigenvalue weighted by Gasteiger charge is 2.37. The Morgan fingerprint density at radius 1 is 0.923 bits per heavy atom. The molecule has 7 heteroatoms. The van der Waals surface area contributed by atoms with E-state index >= 15 is 0 Å². The monoisotopic (exact) mass is 352 g/mol. The molecule has 0 bridgehead atoms. The summed E-state index contributed by atoms with van der Waals surface area (Å²) in [4.78, 5) is 38.1. The highest BCUT2D eigenvalue weighted by Crippen LogP contribution is 2.30. The number of imide groups is 2. The van der Waals surface area contributed by atoms with E-state index in [2.05, 4.69) is 5.32 Å². The maximum absolute atomic E-state index is 12.8. The molecule has 0 aliphatic carbocycles. The highest BCUT2D eigenvalue weighted by molar-refractivity contribution is 6.39. The van der Waals surface area contributed by atoms with Gasteiger partial charge in [-0.1, -0.05) is 24.3 Å². The first-order valence-corrected chi connectivity index (χ1v) is 7.73. The third kappa shape index (κ3) is 3.14. The standard InChI is InChI=1S/C19H16N2O5/c1-25-13-9-7-12(8-10-13)11-14-17(22)20-19(24)21(18(14)23)15-5-3-4-6-16(15)26-2/h3-11H,1-2H3,(H,20,22,24). The molecular weight excluding hydrogens is 336 g/mol. The summed E-state index contributed by atoms with van der Waals surface area (Å²) in [6, 6.07) is 12.6. The SMILES string of the molecule is COc1ccc(C=C2C(=O)NC(=O)N(c3ccccc3OC)C2=O)cc1. The van der Waals surface area contributed by atoms with Crippen LogP contribution in [0.1, 0.15) is 5.56 Å². The zero-order valence-corrected chi connectivity index (χ0v) is 14.2. The van der Waals surface area contributed by atoms with Gasteiger partial charge < -0.3 is 9.47 Å². The summed E-state index contributed by atoms with van der Waals surface area (Å²) >= 11 is 0. The van der Waals surface area contributed by atoms with Gasteiger partial charge in [0.2, 0.25) is 0 Å². The number of hydrogen-bond donors (Lipinski definition) is 1. The smallest absolute Gasteiger partial charge is 0.336 e. The summed E-state index contributed by atoms with van der Waals surface area (Å²) in [5.41, 5.74) is 0.727. The van der Waals surface area contributed by atoms with Crippen LogP contribution in [0.2, 0.25) is 0 Å². The molecule has 1 heterocycles. The summed E-state index contributed by atoms with van der Waals surface area (Å²) < 4.78 is 10.3. The van der Waals surface area contributed by atoms with Gasteiger partial charge in [-0.25, -0.2) is 9.69 Å². The molecule has 2 aromatic carbocycles. The number of carbonyl (C=O) groups is 3. The average molecular weight is 352 g/mol. The van der Waals surface area contributed by atoms with E-state index in [1.54, 1.807) is 55.6 Å². The molecule has 1 N–H and O–H groups in total. The van der Waals surface area contributed by atoms with E-state index < -0.39 is 17.8 Å². The summed E-state index contributed by atoms with van der Waals surface area (Å²) in [7, 11) is 2.98. The van der Waals surface area contributed by atoms with Crippen molar-refractivity contribution in [3.63, 3.8) is 0 Å². The molecule has 132 valence electrons. The third-order valence-electron chi connectivity index (χ3n) is 3.85. The lowest BCUT2D eigenvalue weighted by molar-refractivity contribution is -0.122. The van der Waals surface area contributed by atoms with Gasteiger partial charge in [-0.2, -0.15) is 0 Å². The maximum atomic E-state index is 12.8. The first-order chi connectivity index (χ1) is 12.5. The van der Waals surface area contributed by atoms with Crippen LogP contribution in [-0.4, -0.2) is 32.1 Å². The minimum Gasteiger partial charge on any atom is -0.497 e. The van der Waals surface area contributed by atoms with Crippen molar-refractivity contribution >= 4 is 29.6 Å². The fraction of sp³-hybridized carbons (Fsp3) is 0.105. The Kier molecular flexibility index (Phi) is 4.70. The number of urea groups is 1. The van der Waals surface area contributed by atoms with Crippen molar-refractivity contribution in [1.82, 2.24) is 5.32 Å². The topological polar surface area (TPSA) is 84.9 Å². The molecule has 0 atom stereocenters. The second kappa shape index (κ2) is 7.10. The second-order valence-corrected chi connectivity index (χ2v) is 5.40. The van der Waals surface area contributed by atoms with Crippen LogP contribution in [0.25, 0.3) is 6.08 Å². The van der Waals surface area contributed by atoms with E-state index in [0.29, 0.717) is 17.1 Å². The normalized spacial score (nSPS) is 15.8.